The van der Waals surface area contributed by atoms with Gasteiger partial charge in [-0.05, 0) is 18.6 Å². The third kappa shape index (κ3) is 3.13. The highest BCUT2D eigenvalue weighted by molar-refractivity contribution is 7.13. The first kappa shape index (κ1) is 12.7. The van der Waals surface area contributed by atoms with E-state index in [9.17, 15) is 4.79 Å². The van der Waals surface area contributed by atoms with Crippen molar-refractivity contribution in [3.8, 4) is 10.6 Å². The molecule has 0 bridgehead atoms. The number of hydrogen-bond acceptors (Lipinski definition) is 4. The second-order valence-electron chi connectivity index (χ2n) is 4.00. The highest BCUT2D eigenvalue weighted by Gasteiger charge is 2.08. The van der Waals surface area contributed by atoms with Crippen LogP contribution in [0.1, 0.15) is 24.7 Å². The standard InChI is InChI=1S/C13H14N2O2S/c1-2-3-10-6-9(4-5-14-10)13-15-11(8-18-13)7-12(16)17/h4-6,8H,2-3,7H2,1H3,(H,16,17). The van der Waals surface area contributed by atoms with Crippen molar-refractivity contribution in [2.75, 3.05) is 0 Å². The first-order valence-corrected chi connectivity index (χ1v) is 6.68. The Bertz CT molecular complexity index is 551. The minimum atomic E-state index is -0.853. The van der Waals surface area contributed by atoms with Crippen LogP contribution in [0.25, 0.3) is 10.6 Å². The van der Waals surface area contributed by atoms with Crippen molar-refractivity contribution in [3.63, 3.8) is 0 Å². The van der Waals surface area contributed by atoms with Gasteiger partial charge in [0, 0.05) is 22.8 Å². The predicted molar refractivity (Wildman–Crippen MR) is 70.7 cm³/mol. The van der Waals surface area contributed by atoms with Gasteiger partial charge in [0.1, 0.15) is 5.01 Å². The number of rotatable bonds is 5. The third-order valence-corrected chi connectivity index (χ3v) is 3.39. The molecule has 2 rings (SSSR count). The summed E-state index contributed by atoms with van der Waals surface area (Å²) in [6.07, 6.45) is 3.75. The number of carboxylic acids is 1. The van der Waals surface area contributed by atoms with Crippen LogP contribution in [-0.4, -0.2) is 21.0 Å². The highest BCUT2D eigenvalue weighted by atomic mass is 32.1. The fourth-order valence-electron chi connectivity index (χ4n) is 1.68. The summed E-state index contributed by atoms with van der Waals surface area (Å²) in [5, 5.41) is 11.4. The van der Waals surface area contributed by atoms with E-state index in [0.717, 1.165) is 29.1 Å². The normalized spacial score (nSPS) is 10.5. The average molecular weight is 262 g/mol. The van der Waals surface area contributed by atoms with Crippen LogP contribution in [0.4, 0.5) is 0 Å². The first-order valence-electron chi connectivity index (χ1n) is 5.80. The van der Waals surface area contributed by atoms with Gasteiger partial charge in [-0.25, -0.2) is 4.98 Å². The number of aromatic nitrogens is 2. The summed E-state index contributed by atoms with van der Waals surface area (Å²) in [5.41, 5.74) is 2.66. The molecule has 0 amide bonds. The van der Waals surface area contributed by atoms with Gasteiger partial charge in [-0.15, -0.1) is 11.3 Å². The smallest absolute Gasteiger partial charge is 0.309 e. The van der Waals surface area contributed by atoms with E-state index in [1.165, 1.54) is 11.3 Å². The molecule has 1 N–H and O–H groups in total. The Hall–Kier alpha value is -1.75. The van der Waals surface area contributed by atoms with E-state index in [1.54, 1.807) is 11.6 Å². The van der Waals surface area contributed by atoms with Gasteiger partial charge in [-0.3, -0.25) is 9.78 Å². The summed E-state index contributed by atoms with van der Waals surface area (Å²) in [5.74, 6) is -0.853. The van der Waals surface area contributed by atoms with Crippen LogP contribution in [0.15, 0.2) is 23.7 Å². The van der Waals surface area contributed by atoms with E-state index in [-0.39, 0.29) is 6.42 Å². The van der Waals surface area contributed by atoms with Crippen molar-refractivity contribution in [3.05, 3.63) is 35.1 Å². The van der Waals surface area contributed by atoms with Gasteiger partial charge in [0.05, 0.1) is 12.1 Å². The Morgan fingerprint density at radius 1 is 1.44 bits per heavy atom. The van der Waals surface area contributed by atoms with Crippen molar-refractivity contribution in [1.82, 2.24) is 9.97 Å². The fourth-order valence-corrected chi connectivity index (χ4v) is 2.50. The summed E-state index contributed by atoms with van der Waals surface area (Å²) in [6.45, 7) is 2.11. The van der Waals surface area contributed by atoms with Gasteiger partial charge >= 0.3 is 5.97 Å². The molecule has 0 aromatic carbocycles. The largest absolute Gasteiger partial charge is 0.481 e. The molecule has 94 valence electrons. The number of hydrogen-bond donors (Lipinski definition) is 1. The number of thiazole rings is 1. The van der Waals surface area contributed by atoms with Crippen LogP contribution in [0.3, 0.4) is 0 Å². The summed E-state index contributed by atoms with van der Waals surface area (Å²) in [6, 6.07) is 3.93. The molecular weight excluding hydrogens is 248 g/mol. The predicted octanol–water partition coefficient (Wildman–Crippen LogP) is 2.78. The lowest BCUT2D eigenvalue weighted by Gasteiger charge is -2.00. The van der Waals surface area contributed by atoms with Gasteiger partial charge in [0.25, 0.3) is 0 Å². The summed E-state index contributed by atoms with van der Waals surface area (Å²) in [7, 11) is 0. The number of nitrogens with zero attached hydrogens (tertiary/aromatic N) is 2. The van der Waals surface area contributed by atoms with E-state index < -0.39 is 5.97 Å². The lowest BCUT2D eigenvalue weighted by atomic mass is 10.2. The molecule has 0 unspecified atom stereocenters. The molecule has 0 fully saturated rings. The molecule has 2 heterocycles. The quantitative estimate of drug-likeness (QED) is 0.900. The molecule has 0 saturated heterocycles. The second-order valence-corrected chi connectivity index (χ2v) is 4.86. The maximum Gasteiger partial charge on any atom is 0.309 e. The average Bonchev–Trinajstić information content (AvgIpc) is 2.77. The van der Waals surface area contributed by atoms with Crippen LogP contribution in [-0.2, 0) is 17.6 Å². The van der Waals surface area contributed by atoms with Gasteiger partial charge in [0.2, 0.25) is 0 Å². The second kappa shape index (κ2) is 5.73. The number of carboxylic acid groups (broad SMARTS) is 1. The van der Waals surface area contributed by atoms with Crippen LogP contribution < -0.4 is 0 Å². The Labute approximate surface area is 109 Å². The number of aryl methyl sites for hydroxylation is 1. The summed E-state index contributed by atoms with van der Waals surface area (Å²) >= 11 is 1.47. The molecule has 2 aromatic rings. The van der Waals surface area contributed by atoms with Crippen LogP contribution in [0.5, 0.6) is 0 Å². The van der Waals surface area contributed by atoms with Crippen LogP contribution >= 0.6 is 11.3 Å². The van der Waals surface area contributed by atoms with Crippen molar-refractivity contribution >= 4 is 17.3 Å². The monoisotopic (exact) mass is 262 g/mol. The van der Waals surface area contributed by atoms with E-state index in [1.807, 2.05) is 12.1 Å². The molecule has 0 atom stereocenters. The molecule has 0 saturated carbocycles. The molecular formula is C13H14N2O2S. The van der Waals surface area contributed by atoms with E-state index in [0.29, 0.717) is 5.69 Å². The van der Waals surface area contributed by atoms with E-state index in [4.69, 9.17) is 5.11 Å². The summed E-state index contributed by atoms with van der Waals surface area (Å²) < 4.78 is 0. The first-order chi connectivity index (χ1) is 8.69. The van der Waals surface area contributed by atoms with Crippen molar-refractivity contribution in [1.29, 1.82) is 0 Å². The topological polar surface area (TPSA) is 63.1 Å². The van der Waals surface area contributed by atoms with Crippen molar-refractivity contribution < 1.29 is 9.90 Å². The maximum atomic E-state index is 10.6. The Morgan fingerprint density at radius 3 is 3.00 bits per heavy atom. The number of carbonyl (C=O) groups is 1. The van der Waals surface area contributed by atoms with E-state index >= 15 is 0 Å². The molecule has 4 nitrogen and oxygen atoms in total. The van der Waals surface area contributed by atoms with Crippen molar-refractivity contribution in [2.24, 2.45) is 0 Å². The van der Waals surface area contributed by atoms with Gasteiger partial charge < -0.3 is 5.11 Å². The zero-order valence-electron chi connectivity index (χ0n) is 10.1. The molecule has 5 heteroatoms. The number of aliphatic carboxylic acids is 1. The Kier molecular flexibility index (Phi) is 4.04. The zero-order valence-corrected chi connectivity index (χ0v) is 10.9. The lowest BCUT2D eigenvalue weighted by Crippen LogP contribution is -1.99. The van der Waals surface area contributed by atoms with Gasteiger partial charge in [-0.1, -0.05) is 13.3 Å². The molecule has 18 heavy (non-hydrogen) atoms. The maximum absolute atomic E-state index is 10.6. The lowest BCUT2D eigenvalue weighted by molar-refractivity contribution is -0.136. The summed E-state index contributed by atoms with van der Waals surface area (Å²) in [4.78, 5) is 19.2. The fraction of sp³-hybridized carbons (Fsp3) is 0.308. The molecule has 0 spiro atoms. The van der Waals surface area contributed by atoms with Gasteiger partial charge in [0.15, 0.2) is 0 Å². The molecule has 0 radical (unpaired) electrons. The van der Waals surface area contributed by atoms with Crippen LogP contribution in [0.2, 0.25) is 0 Å². The SMILES string of the molecule is CCCc1cc(-c2nc(CC(=O)O)cs2)ccn1. The highest BCUT2D eigenvalue weighted by Crippen LogP contribution is 2.24. The van der Waals surface area contributed by atoms with Crippen LogP contribution in [0, 0.1) is 0 Å². The zero-order chi connectivity index (χ0) is 13.0. The third-order valence-electron chi connectivity index (χ3n) is 2.45. The molecule has 2 aromatic heterocycles. The van der Waals surface area contributed by atoms with E-state index in [2.05, 4.69) is 16.9 Å². The molecule has 0 aliphatic carbocycles. The minimum absolute atomic E-state index is 0.0244. The molecule has 0 aliphatic rings. The number of pyridine rings is 1. The minimum Gasteiger partial charge on any atom is -0.481 e. The van der Waals surface area contributed by atoms with Crippen molar-refractivity contribution in [2.45, 2.75) is 26.2 Å². The van der Waals surface area contributed by atoms with Gasteiger partial charge in [-0.2, -0.15) is 0 Å². The molecule has 0 aliphatic heterocycles. The Morgan fingerprint density at radius 2 is 2.28 bits per heavy atom. The Balaban J connectivity index is 2.22.